The van der Waals surface area contributed by atoms with Gasteiger partial charge < -0.3 is 11.1 Å². The zero-order chi connectivity index (χ0) is 13.7. The molecule has 0 unspecified atom stereocenters. The average molecular weight is 297 g/mol. The van der Waals surface area contributed by atoms with Gasteiger partial charge in [0.2, 0.25) is 5.95 Å². The van der Waals surface area contributed by atoms with Crippen molar-refractivity contribution in [1.82, 2.24) is 15.3 Å². The largest absolute Gasteiger partial charge is 0.368 e. The number of halogens is 2. The van der Waals surface area contributed by atoms with Crippen molar-refractivity contribution in [2.75, 3.05) is 12.3 Å². The van der Waals surface area contributed by atoms with Gasteiger partial charge in [-0.05, 0) is 30.7 Å². The number of rotatable bonds is 5. The molecule has 1 aromatic heterocycles. The molecule has 0 fully saturated rings. The number of hydrogen-bond donors (Lipinski definition) is 2. The number of aromatic nitrogens is 2. The van der Waals surface area contributed by atoms with Crippen LogP contribution < -0.4 is 11.1 Å². The number of nitrogens with two attached hydrogens (primary N) is 1. The second-order valence-electron chi connectivity index (χ2n) is 4.11. The van der Waals surface area contributed by atoms with Crippen molar-refractivity contribution in [2.24, 2.45) is 0 Å². The van der Waals surface area contributed by atoms with E-state index in [1.807, 2.05) is 12.1 Å². The second-order valence-corrected chi connectivity index (χ2v) is 4.96. The Morgan fingerprint density at radius 2 is 1.89 bits per heavy atom. The van der Waals surface area contributed by atoms with E-state index >= 15 is 0 Å². The van der Waals surface area contributed by atoms with E-state index in [2.05, 4.69) is 15.3 Å². The van der Waals surface area contributed by atoms with Crippen molar-refractivity contribution < 1.29 is 0 Å². The molecule has 6 heteroatoms. The minimum Gasteiger partial charge on any atom is -0.368 e. The van der Waals surface area contributed by atoms with Crippen LogP contribution in [0.5, 0.6) is 0 Å². The molecule has 1 aromatic carbocycles. The van der Waals surface area contributed by atoms with Crippen LogP contribution in [0.3, 0.4) is 0 Å². The molecule has 0 aliphatic rings. The summed E-state index contributed by atoms with van der Waals surface area (Å²) in [7, 11) is 0. The van der Waals surface area contributed by atoms with E-state index in [1.165, 1.54) is 0 Å². The van der Waals surface area contributed by atoms with Crippen LogP contribution in [0.15, 0.2) is 30.6 Å². The summed E-state index contributed by atoms with van der Waals surface area (Å²) >= 11 is 11.9. The first-order valence-electron chi connectivity index (χ1n) is 5.86. The van der Waals surface area contributed by atoms with Gasteiger partial charge in [0.15, 0.2) is 0 Å². The van der Waals surface area contributed by atoms with Crippen molar-refractivity contribution in [2.45, 2.75) is 13.0 Å². The molecule has 4 nitrogen and oxygen atoms in total. The molecule has 0 saturated heterocycles. The monoisotopic (exact) mass is 296 g/mol. The van der Waals surface area contributed by atoms with E-state index < -0.39 is 0 Å². The minimum absolute atomic E-state index is 0.289. The summed E-state index contributed by atoms with van der Waals surface area (Å²) in [6.45, 7) is 1.51. The fraction of sp³-hybridized carbons (Fsp3) is 0.231. The lowest BCUT2D eigenvalue weighted by molar-refractivity contribution is 0.683. The van der Waals surface area contributed by atoms with Crippen molar-refractivity contribution in [1.29, 1.82) is 0 Å². The van der Waals surface area contributed by atoms with Gasteiger partial charge in [0, 0.05) is 34.5 Å². The fourth-order valence-corrected chi connectivity index (χ4v) is 2.14. The van der Waals surface area contributed by atoms with E-state index in [0.29, 0.717) is 16.6 Å². The van der Waals surface area contributed by atoms with Crippen LogP contribution in [0, 0.1) is 0 Å². The number of nitrogen functional groups attached to an aromatic ring is 1. The molecule has 0 bridgehead atoms. The van der Waals surface area contributed by atoms with Gasteiger partial charge in [-0.1, -0.05) is 29.3 Å². The number of nitrogens with one attached hydrogen (secondary N) is 1. The van der Waals surface area contributed by atoms with Crippen molar-refractivity contribution in [3.8, 4) is 0 Å². The van der Waals surface area contributed by atoms with Gasteiger partial charge in [-0.15, -0.1) is 0 Å². The predicted molar refractivity (Wildman–Crippen MR) is 78.3 cm³/mol. The summed E-state index contributed by atoms with van der Waals surface area (Å²) in [6, 6.07) is 5.54. The minimum atomic E-state index is 0.289. The van der Waals surface area contributed by atoms with Crippen LogP contribution in [-0.2, 0) is 13.0 Å². The van der Waals surface area contributed by atoms with E-state index in [-0.39, 0.29) is 5.95 Å². The van der Waals surface area contributed by atoms with Crippen LogP contribution in [-0.4, -0.2) is 16.5 Å². The third-order valence-electron chi connectivity index (χ3n) is 2.64. The maximum Gasteiger partial charge on any atom is 0.219 e. The fourth-order valence-electron chi connectivity index (χ4n) is 1.64. The molecule has 0 spiro atoms. The van der Waals surface area contributed by atoms with Gasteiger partial charge in [0.05, 0.1) is 0 Å². The Bertz CT molecular complexity index is 543. The molecule has 0 amide bonds. The highest BCUT2D eigenvalue weighted by Crippen LogP contribution is 2.21. The van der Waals surface area contributed by atoms with E-state index in [1.54, 1.807) is 18.5 Å². The first-order chi connectivity index (χ1) is 9.15. The number of hydrogen-bond acceptors (Lipinski definition) is 4. The highest BCUT2D eigenvalue weighted by molar-refractivity contribution is 6.35. The van der Waals surface area contributed by atoms with Crippen LogP contribution in [0.1, 0.15) is 11.1 Å². The summed E-state index contributed by atoms with van der Waals surface area (Å²) in [5.74, 6) is 0.289. The Kier molecular flexibility index (Phi) is 4.96. The van der Waals surface area contributed by atoms with Gasteiger partial charge in [-0.25, -0.2) is 9.97 Å². The molecule has 100 valence electrons. The molecule has 1 heterocycles. The molecule has 0 aliphatic heterocycles. The van der Waals surface area contributed by atoms with Crippen LogP contribution >= 0.6 is 23.2 Å². The summed E-state index contributed by atoms with van der Waals surface area (Å²) in [6.07, 6.45) is 4.26. The third-order valence-corrected chi connectivity index (χ3v) is 3.23. The topological polar surface area (TPSA) is 63.8 Å². The third kappa shape index (κ3) is 4.35. The molecular formula is C13H14Cl2N4. The van der Waals surface area contributed by atoms with Gasteiger partial charge in [0.25, 0.3) is 0 Å². The lowest BCUT2D eigenvalue weighted by atomic mass is 10.1. The summed E-state index contributed by atoms with van der Waals surface area (Å²) in [5.41, 5.74) is 7.49. The molecular weight excluding hydrogens is 283 g/mol. The maximum absolute atomic E-state index is 6.10. The molecule has 3 N–H and O–H groups in total. The standard InChI is InChI=1S/C13H14Cl2N4/c14-11-2-1-10(12(15)5-11)3-4-17-6-9-7-18-13(16)19-8-9/h1-2,5,7-8,17H,3-4,6H2,(H2,16,18,19). The smallest absolute Gasteiger partial charge is 0.219 e. The lowest BCUT2D eigenvalue weighted by Gasteiger charge is -2.06. The Hall–Kier alpha value is -1.36. The van der Waals surface area contributed by atoms with Crippen LogP contribution in [0.25, 0.3) is 0 Å². The average Bonchev–Trinajstić information content (AvgIpc) is 2.39. The lowest BCUT2D eigenvalue weighted by Crippen LogP contribution is -2.17. The second kappa shape index (κ2) is 6.70. The maximum atomic E-state index is 6.10. The first-order valence-corrected chi connectivity index (χ1v) is 6.62. The number of anilines is 1. The Morgan fingerprint density at radius 3 is 2.58 bits per heavy atom. The van der Waals surface area contributed by atoms with E-state index in [0.717, 1.165) is 24.1 Å². The molecule has 19 heavy (non-hydrogen) atoms. The zero-order valence-electron chi connectivity index (χ0n) is 10.2. The van der Waals surface area contributed by atoms with Gasteiger partial charge in [-0.3, -0.25) is 0 Å². The quantitative estimate of drug-likeness (QED) is 0.833. The van der Waals surface area contributed by atoms with Crippen molar-refractivity contribution in [3.63, 3.8) is 0 Å². The SMILES string of the molecule is Nc1ncc(CNCCc2ccc(Cl)cc2Cl)cn1. The number of benzene rings is 1. The summed E-state index contributed by atoms with van der Waals surface area (Å²) in [4.78, 5) is 7.86. The highest BCUT2D eigenvalue weighted by Gasteiger charge is 2.01. The zero-order valence-corrected chi connectivity index (χ0v) is 11.7. The molecule has 0 saturated carbocycles. The Labute approximate surface area is 122 Å². The highest BCUT2D eigenvalue weighted by atomic mass is 35.5. The molecule has 0 radical (unpaired) electrons. The van der Waals surface area contributed by atoms with Gasteiger partial charge in [-0.2, -0.15) is 0 Å². The van der Waals surface area contributed by atoms with Gasteiger partial charge >= 0.3 is 0 Å². The van der Waals surface area contributed by atoms with E-state index in [4.69, 9.17) is 28.9 Å². The molecule has 0 atom stereocenters. The predicted octanol–water partition coefficient (Wildman–Crippen LogP) is 2.70. The van der Waals surface area contributed by atoms with Crippen LogP contribution in [0.4, 0.5) is 5.95 Å². The van der Waals surface area contributed by atoms with Crippen molar-refractivity contribution >= 4 is 29.2 Å². The Morgan fingerprint density at radius 1 is 1.16 bits per heavy atom. The summed E-state index contributed by atoms with van der Waals surface area (Å²) < 4.78 is 0. The summed E-state index contributed by atoms with van der Waals surface area (Å²) in [5, 5.41) is 4.65. The molecule has 0 aliphatic carbocycles. The molecule has 2 rings (SSSR count). The number of nitrogens with zero attached hydrogens (tertiary/aromatic N) is 2. The normalized spacial score (nSPS) is 10.6. The van der Waals surface area contributed by atoms with Crippen LogP contribution in [0.2, 0.25) is 10.0 Å². The van der Waals surface area contributed by atoms with Gasteiger partial charge in [0.1, 0.15) is 0 Å². The van der Waals surface area contributed by atoms with Crippen molar-refractivity contribution in [3.05, 3.63) is 51.8 Å². The Balaban J connectivity index is 1.79. The van der Waals surface area contributed by atoms with E-state index in [9.17, 15) is 0 Å². The first kappa shape index (κ1) is 14.1. The molecule has 2 aromatic rings.